The van der Waals surface area contributed by atoms with E-state index in [-0.39, 0.29) is 33.9 Å². The number of aromatic nitrogens is 2. The molecule has 1 aliphatic carbocycles. The first-order chi connectivity index (χ1) is 14.4. The summed E-state index contributed by atoms with van der Waals surface area (Å²) in [5.41, 5.74) is -0.275. The highest BCUT2D eigenvalue weighted by atomic mass is 35.5. The number of nitrogens with one attached hydrogen (secondary N) is 1. The smallest absolute Gasteiger partial charge is 0.333 e. The van der Waals surface area contributed by atoms with Gasteiger partial charge in [-0.1, -0.05) is 41.4 Å². The predicted octanol–water partition coefficient (Wildman–Crippen LogP) is 3.66. The minimum absolute atomic E-state index is 0.0781. The van der Waals surface area contributed by atoms with Crippen molar-refractivity contribution >= 4 is 44.7 Å². The monoisotopic (exact) mass is 490 g/mol. The summed E-state index contributed by atoms with van der Waals surface area (Å²) >= 11 is 12.1. The van der Waals surface area contributed by atoms with Gasteiger partial charge in [0.05, 0.1) is 33.1 Å². The van der Waals surface area contributed by atoms with Crippen LogP contribution in [0.25, 0.3) is 5.57 Å². The number of alkyl halides is 2. The molecule has 1 aromatic carbocycles. The molecule has 1 unspecified atom stereocenters. The lowest BCUT2D eigenvalue weighted by atomic mass is 9.88. The van der Waals surface area contributed by atoms with Crippen LogP contribution < -0.4 is 10.5 Å². The Kier molecular flexibility index (Phi) is 6.56. The molecule has 12 heteroatoms. The van der Waals surface area contributed by atoms with Crippen molar-refractivity contribution in [1.29, 1.82) is 0 Å². The predicted molar refractivity (Wildman–Crippen MR) is 114 cm³/mol. The molecule has 0 saturated carbocycles. The van der Waals surface area contributed by atoms with Gasteiger partial charge in [0.1, 0.15) is 0 Å². The number of amides is 1. The van der Waals surface area contributed by atoms with E-state index in [1.165, 1.54) is 12.2 Å². The molecule has 1 aromatic heterocycles. The van der Waals surface area contributed by atoms with Crippen LogP contribution in [0.3, 0.4) is 0 Å². The molecular weight excluding hydrogens is 473 g/mol. The Morgan fingerprint density at radius 1 is 1.39 bits per heavy atom. The fourth-order valence-electron chi connectivity index (χ4n) is 3.23. The van der Waals surface area contributed by atoms with Crippen molar-refractivity contribution in [2.45, 2.75) is 31.9 Å². The maximum Gasteiger partial charge on any atom is 0.333 e. The van der Waals surface area contributed by atoms with Crippen LogP contribution in [0, 0.1) is 0 Å². The van der Waals surface area contributed by atoms with Crippen LogP contribution in [0.2, 0.25) is 10.0 Å². The third-order valence-electron chi connectivity index (χ3n) is 4.67. The molecule has 2 aromatic rings. The molecule has 1 amide bonds. The average Bonchev–Trinajstić information content (AvgIpc) is 3.15. The summed E-state index contributed by atoms with van der Waals surface area (Å²) in [7, 11) is -4.23. The van der Waals surface area contributed by atoms with Crippen molar-refractivity contribution in [3.8, 4) is 0 Å². The second-order valence-corrected chi connectivity index (χ2v) is 9.53. The highest BCUT2D eigenvalue weighted by Gasteiger charge is 2.33. The number of allylic oxidation sites excluding steroid dienone is 1. The Labute approximate surface area is 187 Å². The molecule has 1 heterocycles. The first kappa shape index (κ1) is 23.4. The largest absolute Gasteiger partial charge is 0.347 e. The van der Waals surface area contributed by atoms with Gasteiger partial charge in [-0.05, 0) is 31.1 Å². The van der Waals surface area contributed by atoms with Gasteiger partial charge in [-0.3, -0.25) is 4.79 Å². The van der Waals surface area contributed by atoms with E-state index in [1.807, 2.05) is 0 Å². The fraction of sp³-hybridized carbons (Fsp3) is 0.263. The normalized spacial score (nSPS) is 19.2. The minimum atomic E-state index is -4.23. The Bertz CT molecular complexity index is 1190. The number of benzene rings is 1. The third-order valence-corrected chi connectivity index (χ3v) is 6.48. The molecule has 0 fully saturated rings. The summed E-state index contributed by atoms with van der Waals surface area (Å²) in [6, 6.07) is 4.91. The number of sulfonamides is 1. The number of hydrogen-bond donors (Lipinski definition) is 2. The molecule has 0 spiro atoms. The average molecular weight is 491 g/mol. The Balaban J connectivity index is 1.87. The zero-order valence-corrected chi connectivity index (χ0v) is 18.5. The first-order valence-corrected chi connectivity index (χ1v) is 11.2. The van der Waals surface area contributed by atoms with Crippen LogP contribution in [-0.2, 0) is 21.2 Å². The Morgan fingerprint density at radius 3 is 2.71 bits per heavy atom. The van der Waals surface area contributed by atoms with Crippen LogP contribution in [0.4, 0.5) is 8.78 Å². The van der Waals surface area contributed by atoms with Crippen molar-refractivity contribution in [2.24, 2.45) is 5.14 Å². The van der Waals surface area contributed by atoms with Gasteiger partial charge >= 0.3 is 6.55 Å². The quantitative estimate of drug-likeness (QED) is 0.643. The molecule has 1 aliphatic rings. The van der Waals surface area contributed by atoms with Crippen molar-refractivity contribution < 1.29 is 22.0 Å². The van der Waals surface area contributed by atoms with E-state index in [0.717, 1.165) is 12.4 Å². The van der Waals surface area contributed by atoms with E-state index in [4.69, 9.17) is 28.3 Å². The van der Waals surface area contributed by atoms with E-state index in [1.54, 1.807) is 25.1 Å². The second kappa shape index (κ2) is 8.70. The van der Waals surface area contributed by atoms with Gasteiger partial charge in [-0.25, -0.2) is 18.2 Å². The summed E-state index contributed by atoms with van der Waals surface area (Å²) in [6.07, 6.45) is 5.08. The Hall–Kier alpha value is -2.27. The number of halogens is 4. The fourth-order valence-corrected chi connectivity index (χ4v) is 4.55. The zero-order valence-electron chi connectivity index (χ0n) is 16.1. The number of nitrogens with zero attached hydrogens (tertiary/aromatic N) is 2. The molecule has 0 aliphatic heterocycles. The Morgan fingerprint density at radius 2 is 2.10 bits per heavy atom. The topological polar surface area (TPSA) is 107 Å². The maximum atomic E-state index is 12.8. The summed E-state index contributed by atoms with van der Waals surface area (Å²) in [4.78, 5) is 12.3. The molecule has 3 rings (SSSR count). The van der Waals surface area contributed by atoms with E-state index in [0.29, 0.717) is 15.3 Å². The maximum absolute atomic E-state index is 12.8. The van der Waals surface area contributed by atoms with Crippen molar-refractivity contribution in [1.82, 2.24) is 15.1 Å². The number of carbonyl (C=O) groups is 1. The van der Waals surface area contributed by atoms with E-state index in [9.17, 15) is 22.0 Å². The molecular formula is C19H18Cl2F2N4O3S. The minimum Gasteiger partial charge on any atom is -0.347 e. The van der Waals surface area contributed by atoms with Gasteiger partial charge in [0.2, 0.25) is 15.9 Å². The summed E-state index contributed by atoms with van der Waals surface area (Å²) in [6.45, 7) is -1.26. The number of carbonyl (C=O) groups excluding carboxylic acids is 1. The van der Waals surface area contributed by atoms with E-state index < -0.39 is 28.0 Å². The highest BCUT2D eigenvalue weighted by molar-refractivity contribution is 7.93. The SMILES string of the molecule is CC1(NC(=O)Cc2cccc(Cl)c2Cl)C=C(S(N)(=O)=O)C(c2cnn(C(F)F)c2)=CC1. The van der Waals surface area contributed by atoms with Gasteiger partial charge in [0, 0.05) is 17.3 Å². The first-order valence-electron chi connectivity index (χ1n) is 8.92. The second-order valence-electron chi connectivity index (χ2n) is 7.22. The summed E-state index contributed by atoms with van der Waals surface area (Å²) < 4.78 is 50.5. The summed E-state index contributed by atoms with van der Waals surface area (Å²) in [5, 5.41) is 12.2. The molecule has 3 N–H and O–H groups in total. The van der Waals surface area contributed by atoms with Gasteiger partial charge < -0.3 is 5.32 Å². The molecule has 166 valence electrons. The van der Waals surface area contributed by atoms with Crippen LogP contribution in [0.15, 0.2) is 47.6 Å². The number of primary sulfonamides is 1. The van der Waals surface area contributed by atoms with Crippen LogP contribution >= 0.6 is 23.2 Å². The molecule has 1 atom stereocenters. The van der Waals surface area contributed by atoms with Gasteiger partial charge in [0.25, 0.3) is 0 Å². The lowest BCUT2D eigenvalue weighted by Crippen LogP contribution is -2.46. The lowest BCUT2D eigenvalue weighted by Gasteiger charge is -2.31. The van der Waals surface area contributed by atoms with Crippen LogP contribution in [-0.4, -0.2) is 29.6 Å². The number of rotatable bonds is 6. The standard InChI is InChI=1S/C19H18Cl2F2N4O3S/c1-19(26-16(28)7-11-3-2-4-14(20)17(11)21)6-5-13(15(8-19)31(24,29)30)12-9-25-27(10-12)18(22)23/h2-5,8-10,18H,6-7H2,1H3,(H,26,28)(H2,24,29,30). The van der Waals surface area contributed by atoms with Crippen molar-refractivity contribution in [3.05, 3.63) is 68.8 Å². The van der Waals surface area contributed by atoms with E-state index >= 15 is 0 Å². The van der Waals surface area contributed by atoms with Crippen molar-refractivity contribution in [3.63, 3.8) is 0 Å². The third kappa shape index (κ3) is 5.32. The van der Waals surface area contributed by atoms with Gasteiger partial charge in [-0.2, -0.15) is 13.9 Å². The molecule has 0 saturated heterocycles. The summed E-state index contributed by atoms with van der Waals surface area (Å²) in [5.74, 6) is -0.418. The molecule has 0 radical (unpaired) electrons. The molecule has 0 bridgehead atoms. The number of nitrogens with two attached hydrogens (primary N) is 1. The highest BCUT2D eigenvalue weighted by Crippen LogP contribution is 2.35. The van der Waals surface area contributed by atoms with Gasteiger partial charge in [0.15, 0.2) is 0 Å². The number of hydrogen-bond acceptors (Lipinski definition) is 4. The van der Waals surface area contributed by atoms with Gasteiger partial charge in [-0.15, -0.1) is 0 Å². The van der Waals surface area contributed by atoms with Crippen LogP contribution in [0.5, 0.6) is 0 Å². The van der Waals surface area contributed by atoms with Crippen LogP contribution in [0.1, 0.15) is 31.0 Å². The lowest BCUT2D eigenvalue weighted by molar-refractivity contribution is -0.121. The molecule has 7 nitrogen and oxygen atoms in total. The van der Waals surface area contributed by atoms with E-state index in [2.05, 4.69) is 10.4 Å². The zero-order chi connectivity index (χ0) is 23.0. The molecule has 31 heavy (non-hydrogen) atoms. The van der Waals surface area contributed by atoms with Crippen molar-refractivity contribution in [2.75, 3.05) is 0 Å².